The molecule has 108 valence electrons. The van der Waals surface area contributed by atoms with Gasteiger partial charge in [-0.25, -0.2) is 0 Å². The van der Waals surface area contributed by atoms with Crippen LogP contribution in [-0.2, 0) is 6.42 Å². The standard InChI is InChI=1S/C15H27N3O/c1-11(16)5-4-6-13-17-14(18-19-13)12-7-9-15(2,3)10-8-12/h11-12H,4-10,16H2,1-3H3. The van der Waals surface area contributed by atoms with E-state index < -0.39 is 0 Å². The maximum absolute atomic E-state index is 5.74. The molecule has 1 fully saturated rings. The zero-order chi connectivity index (χ0) is 13.9. The van der Waals surface area contributed by atoms with Crippen LogP contribution >= 0.6 is 0 Å². The Balaban J connectivity index is 1.84. The average molecular weight is 265 g/mol. The minimum atomic E-state index is 0.253. The molecule has 1 unspecified atom stereocenters. The van der Waals surface area contributed by atoms with E-state index in [2.05, 4.69) is 24.0 Å². The van der Waals surface area contributed by atoms with Crippen molar-refractivity contribution in [2.75, 3.05) is 0 Å². The molecule has 0 radical (unpaired) electrons. The fraction of sp³-hybridized carbons (Fsp3) is 0.867. The summed E-state index contributed by atoms with van der Waals surface area (Å²) in [7, 11) is 0. The predicted molar refractivity (Wildman–Crippen MR) is 75.9 cm³/mol. The molecule has 0 bridgehead atoms. The fourth-order valence-electron chi connectivity index (χ4n) is 2.77. The summed E-state index contributed by atoms with van der Waals surface area (Å²) in [6.45, 7) is 6.72. The van der Waals surface area contributed by atoms with Crippen molar-refractivity contribution in [3.63, 3.8) is 0 Å². The minimum absolute atomic E-state index is 0.253. The van der Waals surface area contributed by atoms with Crippen LogP contribution in [0.1, 0.15) is 76.9 Å². The molecule has 1 aromatic rings. The highest BCUT2D eigenvalue weighted by molar-refractivity contribution is 4.99. The monoisotopic (exact) mass is 265 g/mol. The van der Waals surface area contributed by atoms with Gasteiger partial charge < -0.3 is 10.3 Å². The lowest BCUT2D eigenvalue weighted by Crippen LogP contribution is -2.20. The number of aryl methyl sites for hydroxylation is 1. The molecule has 1 atom stereocenters. The smallest absolute Gasteiger partial charge is 0.226 e. The molecule has 1 saturated carbocycles. The molecule has 0 saturated heterocycles. The molecule has 0 aromatic carbocycles. The Morgan fingerprint density at radius 3 is 2.68 bits per heavy atom. The van der Waals surface area contributed by atoms with Crippen molar-refractivity contribution in [1.82, 2.24) is 10.1 Å². The molecule has 1 aliphatic carbocycles. The van der Waals surface area contributed by atoms with Crippen LogP contribution in [0.15, 0.2) is 4.52 Å². The van der Waals surface area contributed by atoms with E-state index in [1.54, 1.807) is 0 Å². The number of rotatable bonds is 5. The molecular formula is C15H27N3O. The second kappa shape index (κ2) is 6.04. The molecular weight excluding hydrogens is 238 g/mol. The minimum Gasteiger partial charge on any atom is -0.339 e. The van der Waals surface area contributed by atoms with Gasteiger partial charge in [-0.15, -0.1) is 0 Å². The lowest BCUT2D eigenvalue weighted by atomic mass is 9.73. The lowest BCUT2D eigenvalue weighted by Gasteiger charge is -2.32. The SMILES string of the molecule is CC(N)CCCc1nc(C2CCC(C)(C)CC2)no1. The van der Waals surface area contributed by atoms with Crippen LogP contribution in [0, 0.1) is 5.41 Å². The lowest BCUT2D eigenvalue weighted by molar-refractivity contribution is 0.218. The third-order valence-electron chi connectivity index (χ3n) is 4.24. The first-order valence-corrected chi connectivity index (χ1v) is 7.54. The number of hydrogen-bond donors (Lipinski definition) is 1. The summed E-state index contributed by atoms with van der Waals surface area (Å²) in [5.74, 6) is 2.20. The third kappa shape index (κ3) is 4.30. The Kier molecular flexibility index (Phi) is 4.61. The van der Waals surface area contributed by atoms with E-state index in [0.29, 0.717) is 11.3 Å². The van der Waals surface area contributed by atoms with Crippen molar-refractivity contribution in [2.24, 2.45) is 11.1 Å². The fourth-order valence-corrected chi connectivity index (χ4v) is 2.77. The van der Waals surface area contributed by atoms with E-state index in [9.17, 15) is 0 Å². The second-order valence-corrected chi connectivity index (χ2v) is 6.85. The Labute approximate surface area is 116 Å². The maximum atomic E-state index is 5.74. The molecule has 0 aliphatic heterocycles. The molecule has 0 amide bonds. The molecule has 2 N–H and O–H groups in total. The molecule has 19 heavy (non-hydrogen) atoms. The highest BCUT2D eigenvalue weighted by atomic mass is 16.5. The van der Waals surface area contributed by atoms with E-state index in [1.807, 2.05) is 6.92 Å². The Morgan fingerprint density at radius 1 is 1.37 bits per heavy atom. The van der Waals surface area contributed by atoms with Gasteiger partial charge in [-0.3, -0.25) is 0 Å². The van der Waals surface area contributed by atoms with E-state index in [-0.39, 0.29) is 6.04 Å². The number of nitrogens with zero attached hydrogens (tertiary/aromatic N) is 2. The molecule has 1 aliphatic rings. The van der Waals surface area contributed by atoms with Crippen LogP contribution in [0.25, 0.3) is 0 Å². The Hall–Kier alpha value is -0.900. The molecule has 2 rings (SSSR count). The normalized spacial score (nSPS) is 21.5. The van der Waals surface area contributed by atoms with Gasteiger partial charge in [-0.2, -0.15) is 4.98 Å². The van der Waals surface area contributed by atoms with Gasteiger partial charge in [0.1, 0.15) is 0 Å². The summed E-state index contributed by atoms with van der Waals surface area (Å²) in [6, 6.07) is 0.253. The first-order valence-electron chi connectivity index (χ1n) is 7.54. The molecule has 4 nitrogen and oxygen atoms in total. The Bertz CT molecular complexity index is 388. The average Bonchev–Trinajstić information content (AvgIpc) is 2.77. The number of aromatic nitrogens is 2. The zero-order valence-electron chi connectivity index (χ0n) is 12.5. The van der Waals surface area contributed by atoms with E-state index in [4.69, 9.17) is 10.3 Å². The van der Waals surface area contributed by atoms with Gasteiger partial charge in [-0.1, -0.05) is 19.0 Å². The van der Waals surface area contributed by atoms with Crippen molar-refractivity contribution >= 4 is 0 Å². The maximum Gasteiger partial charge on any atom is 0.226 e. The highest BCUT2D eigenvalue weighted by Crippen LogP contribution is 2.41. The topological polar surface area (TPSA) is 64.9 Å². The van der Waals surface area contributed by atoms with Gasteiger partial charge >= 0.3 is 0 Å². The summed E-state index contributed by atoms with van der Waals surface area (Å²) in [5, 5.41) is 4.17. The van der Waals surface area contributed by atoms with Gasteiger partial charge in [0.15, 0.2) is 5.82 Å². The van der Waals surface area contributed by atoms with Gasteiger partial charge in [-0.05, 0) is 50.9 Å². The van der Waals surface area contributed by atoms with Crippen LogP contribution in [-0.4, -0.2) is 16.2 Å². The molecule has 1 heterocycles. The van der Waals surface area contributed by atoms with Crippen LogP contribution in [0.3, 0.4) is 0 Å². The Morgan fingerprint density at radius 2 is 2.05 bits per heavy atom. The molecule has 1 aromatic heterocycles. The van der Waals surface area contributed by atoms with Crippen LogP contribution < -0.4 is 5.73 Å². The van der Waals surface area contributed by atoms with Crippen LogP contribution in [0.4, 0.5) is 0 Å². The zero-order valence-corrected chi connectivity index (χ0v) is 12.5. The van der Waals surface area contributed by atoms with Crippen molar-refractivity contribution in [3.8, 4) is 0 Å². The molecule has 0 spiro atoms. The predicted octanol–water partition coefficient (Wildman–Crippen LogP) is 3.42. The van der Waals surface area contributed by atoms with Crippen LogP contribution in [0.5, 0.6) is 0 Å². The quantitative estimate of drug-likeness (QED) is 0.886. The van der Waals surface area contributed by atoms with Crippen LogP contribution in [0.2, 0.25) is 0 Å². The second-order valence-electron chi connectivity index (χ2n) is 6.85. The number of nitrogens with two attached hydrogens (primary N) is 1. The summed E-state index contributed by atoms with van der Waals surface area (Å²) >= 11 is 0. The van der Waals surface area contributed by atoms with Gasteiger partial charge in [0, 0.05) is 18.4 Å². The van der Waals surface area contributed by atoms with Gasteiger partial charge in [0.05, 0.1) is 0 Å². The third-order valence-corrected chi connectivity index (χ3v) is 4.24. The van der Waals surface area contributed by atoms with E-state index in [1.165, 1.54) is 25.7 Å². The van der Waals surface area contributed by atoms with Crippen molar-refractivity contribution < 1.29 is 4.52 Å². The first-order chi connectivity index (χ1) is 8.96. The van der Waals surface area contributed by atoms with Crippen molar-refractivity contribution in [3.05, 3.63) is 11.7 Å². The van der Waals surface area contributed by atoms with Crippen molar-refractivity contribution in [2.45, 2.75) is 77.7 Å². The summed E-state index contributed by atoms with van der Waals surface area (Å²) in [6.07, 6.45) is 7.77. The van der Waals surface area contributed by atoms with Gasteiger partial charge in [0.2, 0.25) is 5.89 Å². The van der Waals surface area contributed by atoms with E-state index >= 15 is 0 Å². The summed E-state index contributed by atoms with van der Waals surface area (Å²) in [5.41, 5.74) is 6.22. The highest BCUT2D eigenvalue weighted by Gasteiger charge is 2.30. The molecule has 4 heteroatoms. The van der Waals surface area contributed by atoms with E-state index in [0.717, 1.165) is 31.0 Å². The van der Waals surface area contributed by atoms with Crippen molar-refractivity contribution in [1.29, 1.82) is 0 Å². The first kappa shape index (κ1) is 14.5. The summed E-state index contributed by atoms with van der Waals surface area (Å²) < 4.78 is 5.35. The summed E-state index contributed by atoms with van der Waals surface area (Å²) in [4.78, 5) is 4.56. The van der Waals surface area contributed by atoms with Gasteiger partial charge in [0.25, 0.3) is 0 Å². The largest absolute Gasteiger partial charge is 0.339 e. The number of hydrogen-bond acceptors (Lipinski definition) is 4.